The molecule has 1 aromatic rings. The molecule has 80 valence electrons. The van der Waals surface area contributed by atoms with Crippen molar-refractivity contribution in [2.75, 3.05) is 0 Å². The molecule has 0 aliphatic carbocycles. The lowest BCUT2D eigenvalue weighted by Gasteiger charge is -2.15. The first-order valence-corrected chi connectivity index (χ1v) is 5.63. The Morgan fingerprint density at radius 1 is 1.13 bits per heavy atom. The lowest BCUT2D eigenvalue weighted by Crippen LogP contribution is -2.00. The standard InChI is InChI=1S/C15H20/c1-6-9-15-13(7-2)11(4)10-12(5)14(15)8-3/h9-10H,1,7-8H2,2-5H3. The van der Waals surface area contributed by atoms with Crippen LogP contribution >= 0.6 is 0 Å². The molecule has 0 fully saturated rings. The van der Waals surface area contributed by atoms with Crippen LogP contribution in [-0.4, -0.2) is 0 Å². The van der Waals surface area contributed by atoms with E-state index in [0.717, 1.165) is 12.8 Å². The van der Waals surface area contributed by atoms with Crippen molar-refractivity contribution in [1.29, 1.82) is 0 Å². The van der Waals surface area contributed by atoms with E-state index in [2.05, 4.69) is 46.1 Å². The molecule has 0 spiro atoms. The van der Waals surface area contributed by atoms with Crippen LogP contribution in [0.25, 0.3) is 6.08 Å². The molecule has 0 aromatic heterocycles. The third-order valence-electron chi connectivity index (χ3n) is 2.99. The lowest BCUT2D eigenvalue weighted by atomic mass is 9.90. The fourth-order valence-electron chi connectivity index (χ4n) is 2.32. The molecule has 0 aliphatic heterocycles. The molecule has 0 atom stereocenters. The molecule has 0 amide bonds. The van der Waals surface area contributed by atoms with Gasteiger partial charge in [-0.1, -0.05) is 26.5 Å². The van der Waals surface area contributed by atoms with Crippen LogP contribution in [0.15, 0.2) is 18.4 Å². The van der Waals surface area contributed by atoms with Gasteiger partial charge in [0, 0.05) is 0 Å². The van der Waals surface area contributed by atoms with E-state index in [-0.39, 0.29) is 0 Å². The van der Waals surface area contributed by atoms with Crippen LogP contribution < -0.4 is 0 Å². The number of aryl methyl sites for hydroxylation is 2. The smallest absolute Gasteiger partial charge is 0.0110 e. The third-order valence-corrected chi connectivity index (χ3v) is 2.99. The summed E-state index contributed by atoms with van der Waals surface area (Å²) in [5.41, 5.74) is 9.90. The summed E-state index contributed by atoms with van der Waals surface area (Å²) in [5, 5.41) is 0. The van der Waals surface area contributed by atoms with Gasteiger partial charge in [-0.15, -0.1) is 5.73 Å². The highest BCUT2D eigenvalue weighted by Gasteiger charge is 2.09. The minimum absolute atomic E-state index is 1.08. The van der Waals surface area contributed by atoms with Gasteiger partial charge in [-0.25, -0.2) is 0 Å². The van der Waals surface area contributed by atoms with Crippen LogP contribution in [-0.2, 0) is 12.8 Å². The molecule has 0 heterocycles. The number of rotatable bonds is 3. The van der Waals surface area contributed by atoms with E-state index in [1.54, 1.807) is 0 Å². The molecule has 0 radical (unpaired) electrons. The summed E-state index contributed by atoms with van der Waals surface area (Å²) in [4.78, 5) is 0. The Kier molecular flexibility index (Phi) is 3.94. The monoisotopic (exact) mass is 200 g/mol. The Morgan fingerprint density at radius 2 is 1.60 bits per heavy atom. The molecule has 0 saturated heterocycles. The van der Waals surface area contributed by atoms with E-state index >= 15 is 0 Å². The van der Waals surface area contributed by atoms with Crippen molar-refractivity contribution >= 4 is 6.08 Å². The van der Waals surface area contributed by atoms with Crippen molar-refractivity contribution in [3.63, 3.8) is 0 Å². The maximum absolute atomic E-state index is 3.69. The van der Waals surface area contributed by atoms with E-state index in [0.29, 0.717) is 0 Å². The second kappa shape index (κ2) is 5.00. The predicted octanol–water partition coefficient (Wildman–Crippen LogP) is 4.23. The Morgan fingerprint density at radius 3 is 1.93 bits per heavy atom. The van der Waals surface area contributed by atoms with Crippen molar-refractivity contribution in [1.82, 2.24) is 0 Å². The van der Waals surface area contributed by atoms with Crippen LogP contribution in [0.3, 0.4) is 0 Å². The molecule has 0 N–H and O–H groups in total. The SMILES string of the molecule is C=C=Cc1c(CC)c(C)cc(C)c1CC. The summed E-state index contributed by atoms with van der Waals surface area (Å²) in [6.45, 7) is 12.5. The number of hydrogen-bond donors (Lipinski definition) is 0. The molecule has 1 rings (SSSR count). The first-order chi connectivity index (χ1) is 7.15. The van der Waals surface area contributed by atoms with Gasteiger partial charge in [0.15, 0.2) is 0 Å². The van der Waals surface area contributed by atoms with Gasteiger partial charge in [0.2, 0.25) is 0 Å². The Labute approximate surface area is 93.3 Å². The summed E-state index contributed by atoms with van der Waals surface area (Å²) in [6.07, 6.45) is 4.18. The Hall–Kier alpha value is -1.26. The Bertz CT molecular complexity index is 376. The Balaban J connectivity index is 3.57. The van der Waals surface area contributed by atoms with Gasteiger partial charge in [-0.3, -0.25) is 0 Å². The van der Waals surface area contributed by atoms with Crippen molar-refractivity contribution < 1.29 is 0 Å². The van der Waals surface area contributed by atoms with Gasteiger partial charge < -0.3 is 0 Å². The van der Waals surface area contributed by atoms with Gasteiger partial charge in [-0.2, -0.15) is 0 Å². The largest absolute Gasteiger partial charge is 0.128 e. The van der Waals surface area contributed by atoms with Gasteiger partial charge >= 0.3 is 0 Å². The van der Waals surface area contributed by atoms with E-state index in [4.69, 9.17) is 0 Å². The van der Waals surface area contributed by atoms with Gasteiger partial charge in [-0.05, 0) is 60.6 Å². The average Bonchev–Trinajstić information content (AvgIpc) is 2.18. The molecule has 0 heteroatoms. The summed E-state index contributed by atoms with van der Waals surface area (Å²) in [6, 6.07) is 2.29. The van der Waals surface area contributed by atoms with Crippen LogP contribution in [0.5, 0.6) is 0 Å². The predicted molar refractivity (Wildman–Crippen MR) is 68.3 cm³/mol. The molecule has 15 heavy (non-hydrogen) atoms. The minimum atomic E-state index is 1.08. The first-order valence-electron chi connectivity index (χ1n) is 5.63. The maximum atomic E-state index is 3.69. The molecule has 0 nitrogen and oxygen atoms in total. The summed E-state index contributed by atoms with van der Waals surface area (Å²) in [5.74, 6) is 0. The molecule has 0 bridgehead atoms. The van der Waals surface area contributed by atoms with Crippen molar-refractivity contribution in [2.24, 2.45) is 0 Å². The normalized spacial score (nSPS) is 9.87. The summed E-state index contributed by atoms with van der Waals surface area (Å²) >= 11 is 0. The van der Waals surface area contributed by atoms with E-state index in [1.807, 2.05) is 6.08 Å². The maximum Gasteiger partial charge on any atom is -0.0110 e. The molecule has 0 saturated carbocycles. The second-order valence-corrected chi connectivity index (χ2v) is 3.94. The zero-order valence-corrected chi connectivity index (χ0v) is 10.3. The van der Waals surface area contributed by atoms with Crippen LogP contribution in [0, 0.1) is 13.8 Å². The first kappa shape index (κ1) is 11.8. The van der Waals surface area contributed by atoms with Crippen molar-refractivity contribution in [3.8, 4) is 0 Å². The quantitative estimate of drug-likeness (QED) is 0.641. The minimum Gasteiger partial charge on any atom is -0.128 e. The summed E-state index contributed by atoms with van der Waals surface area (Å²) < 4.78 is 0. The molecule has 0 aliphatic rings. The average molecular weight is 200 g/mol. The highest BCUT2D eigenvalue weighted by Crippen LogP contribution is 2.25. The molecular weight excluding hydrogens is 180 g/mol. The van der Waals surface area contributed by atoms with E-state index < -0.39 is 0 Å². The summed E-state index contributed by atoms with van der Waals surface area (Å²) in [7, 11) is 0. The molecule has 1 aromatic carbocycles. The van der Waals surface area contributed by atoms with E-state index in [9.17, 15) is 0 Å². The van der Waals surface area contributed by atoms with Crippen molar-refractivity contribution in [2.45, 2.75) is 40.5 Å². The zero-order chi connectivity index (χ0) is 11.4. The fourth-order valence-corrected chi connectivity index (χ4v) is 2.32. The van der Waals surface area contributed by atoms with E-state index in [1.165, 1.54) is 27.8 Å². The molecule has 0 unspecified atom stereocenters. The highest BCUT2D eigenvalue weighted by molar-refractivity contribution is 5.61. The van der Waals surface area contributed by atoms with Gasteiger partial charge in [0.25, 0.3) is 0 Å². The number of hydrogen-bond acceptors (Lipinski definition) is 0. The second-order valence-electron chi connectivity index (χ2n) is 3.94. The van der Waals surface area contributed by atoms with Gasteiger partial charge in [0.05, 0.1) is 0 Å². The molecular formula is C15H20. The van der Waals surface area contributed by atoms with Crippen LogP contribution in [0.4, 0.5) is 0 Å². The number of benzene rings is 1. The van der Waals surface area contributed by atoms with Gasteiger partial charge in [0.1, 0.15) is 0 Å². The fraction of sp³-hybridized carbons (Fsp3) is 0.400. The van der Waals surface area contributed by atoms with Crippen molar-refractivity contribution in [3.05, 3.63) is 46.2 Å². The zero-order valence-electron chi connectivity index (χ0n) is 10.3. The van der Waals surface area contributed by atoms with Crippen LogP contribution in [0.2, 0.25) is 0 Å². The lowest BCUT2D eigenvalue weighted by molar-refractivity contribution is 1.04. The topological polar surface area (TPSA) is 0 Å². The highest BCUT2D eigenvalue weighted by atomic mass is 14.1. The van der Waals surface area contributed by atoms with Crippen LogP contribution in [0.1, 0.15) is 41.7 Å². The third kappa shape index (κ3) is 2.22.